The number of carboxylic acids is 1. The van der Waals surface area contributed by atoms with Gasteiger partial charge in [0.25, 0.3) is 0 Å². The number of nitrogens with zero attached hydrogens (tertiary/aromatic N) is 2. The highest BCUT2D eigenvalue weighted by Crippen LogP contribution is 2.28. The highest BCUT2D eigenvalue weighted by atomic mass is 32.1. The Kier molecular flexibility index (Phi) is 3.41. The number of fused-ring (bicyclic) bond motifs is 1. The molecule has 0 aromatic carbocycles. The first kappa shape index (κ1) is 13.4. The first-order valence-electron chi connectivity index (χ1n) is 6.88. The molecule has 108 valence electrons. The highest BCUT2D eigenvalue weighted by Gasteiger charge is 2.39. The SMILES string of the molecule is CC(C(=O)O)C1CN(C(=O)N2CCc3sccc3C2)C1. The summed E-state index contributed by atoms with van der Waals surface area (Å²) in [6, 6.07) is 2.14. The van der Waals surface area contributed by atoms with E-state index in [1.54, 1.807) is 23.2 Å². The van der Waals surface area contributed by atoms with Gasteiger partial charge < -0.3 is 14.9 Å². The Morgan fingerprint density at radius 3 is 2.85 bits per heavy atom. The minimum Gasteiger partial charge on any atom is -0.481 e. The van der Waals surface area contributed by atoms with Gasteiger partial charge in [0, 0.05) is 37.0 Å². The third-order valence-corrected chi connectivity index (χ3v) is 5.38. The zero-order valence-electron chi connectivity index (χ0n) is 11.4. The number of hydrogen-bond acceptors (Lipinski definition) is 3. The minimum absolute atomic E-state index is 0.0516. The molecule has 0 radical (unpaired) electrons. The summed E-state index contributed by atoms with van der Waals surface area (Å²) in [5.41, 5.74) is 1.26. The molecule has 3 rings (SSSR count). The van der Waals surface area contributed by atoms with Gasteiger partial charge in [-0.15, -0.1) is 11.3 Å². The van der Waals surface area contributed by atoms with Crippen LogP contribution in [0.25, 0.3) is 0 Å². The van der Waals surface area contributed by atoms with Crippen molar-refractivity contribution in [2.24, 2.45) is 11.8 Å². The molecular formula is C14H18N2O3S. The molecule has 6 heteroatoms. The Morgan fingerprint density at radius 2 is 2.15 bits per heavy atom. The second-order valence-electron chi connectivity index (χ2n) is 5.62. The van der Waals surface area contributed by atoms with Crippen LogP contribution in [-0.2, 0) is 17.8 Å². The first-order chi connectivity index (χ1) is 9.56. The average Bonchev–Trinajstić information content (AvgIpc) is 2.83. The summed E-state index contributed by atoms with van der Waals surface area (Å²) >= 11 is 1.76. The van der Waals surface area contributed by atoms with Gasteiger partial charge in [-0.3, -0.25) is 4.79 Å². The second kappa shape index (κ2) is 5.09. The second-order valence-corrected chi connectivity index (χ2v) is 6.62. The fraction of sp³-hybridized carbons (Fsp3) is 0.571. The van der Waals surface area contributed by atoms with E-state index < -0.39 is 5.97 Å². The Labute approximate surface area is 121 Å². The molecule has 1 saturated heterocycles. The first-order valence-corrected chi connectivity index (χ1v) is 7.76. The molecule has 0 saturated carbocycles. The molecule has 2 aliphatic rings. The van der Waals surface area contributed by atoms with Gasteiger partial charge >= 0.3 is 12.0 Å². The highest BCUT2D eigenvalue weighted by molar-refractivity contribution is 7.10. The fourth-order valence-corrected chi connectivity index (χ4v) is 3.69. The van der Waals surface area contributed by atoms with Crippen molar-refractivity contribution in [2.75, 3.05) is 19.6 Å². The van der Waals surface area contributed by atoms with E-state index >= 15 is 0 Å². The molecule has 2 amide bonds. The smallest absolute Gasteiger partial charge is 0.320 e. The van der Waals surface area contributed by atoms with Gasteiger partial charge in [0.2, 0.25) is 0 Å². The fourth-order valence-electron chi connectivity index (χ4n) is 2.80. The largest absolute Gasteiger partial charge is 0.481 e. The summed E-state index contributed by atoms with van der Waals surface area (Å²) < 4.78 is 0. The zero-order chi connectivity index (χ0) is 14.3. The summed E-state index contributed by atoms with van der Waals surface area (Å²) in [7, 11) is 0. The summed E-state index contributed by atoms with van der Waals surface area (Å²) in [6.07, 6.45) is 0.932. The number of likely N-dealkylation sites (tertiary alicyclic amines) is 1. The molecule has 1 aromatic heterocycles. The average molecular weight is 294 g/mol. The molecule has 1 aromatic rings. The molecule has 0 bridgehead atoms. The van der Waals surface area contributed by atoms with E-state index in [-0.39, 0.29) is 17.9 Å². The van der Waals surface area contributed by atoms with Gasteiger partial charge in [-0.1, -0.05) is 6.92 Å². The summed E-state index contributed by atoms with van der Waals surface area (Å²) in [5.74, 6) is -1.05. The van der Waals surface area contributed by atoms with Crippen molar-refractivity contribution in [3.8, 4) is 0 Å². The van der Waals surface area contributed by atoms with Crippen LogP contribution in [0.1, 0.15) is 17.4 Å². The third kappa shape index (κ3) is 2.28. The van der Waals surface area contributed by atoms with Crippen LogP contribution in [0.4, 0.5) is 4.79 Å². The van der Waals surface area contributed by atoms with Crippen molar-refractivity contribution in [2.45, 2.75) is 19.9 Å². The number of carbonyl (C=O) groups is 2. The number of aliphatic carboxylic acids is 1. The van der Waals surface area contributed by atoms with Crippen LogP contribution in [0, 0.1) is 11.8 Å². The van der Waals surface area contributed by atoms with E-state index in [0.29, 0.717) is 19.6 Å². The van der Waals surface area contributed by atoms with Crippen LogP contribution in [0.3, 0.4) is 0 Å². The minimum atomic E-state index is -0.775. The monoisotopic (exact) mass is 294 g/mol. The topological polar surface area (TPSA) is 60.9 Å². The Bertz CT molecular complexity index is 536. The van der Waals surface area contributed by atoms with Gasteiger partial charge in [-0.25, -0.2) is 4.79 Å². The van der Waals surface area contributed by atoms with Crippen LogP contribution in [0.5, 0.6) is 0 Å². The van der Waals surface area contributed by atoms with Crippen molar-refractivity contribution >= 4 is 23.3 Å². The van der Waals surface area contributed by atoms with Crippen molar-refractivity contribution in [3.05, 3.63) is 21.9 Å². The lowest BCUT2D eigenvalue weighted by molar-refractivity contribution is -0.144. The van der Waals surface area contributed by atoms with E-state index in [4.69, 9.17) is 5.11 Å². The molecule has 20 heavy (non-hydrogen) atoms. The molecular weight excluding hydrogens is 276 g/mol. The van der Waals surface area contributed by atoms with E-state index in [1.807, 2.05) is 4.90 Å². The maximum Gasteiger partial charge on any atom is 0.320 e. The molecule has 0 aliphatic carbocycles. The number of carboxylic acid groups (broad SMARTS) is 1. The van der Waals surface area contributed by atoms with Crippen LogP contribution >= 0.6 is 11.3 Å². The molecule has 1 atom stereocenters. The number of urea groups is 1. The summed E-state index contributed by atoms with van der Waals surface area (Å²) in [4.78, 5) is 28.3. The Morgan fingerprint density at radius 1 is 1.40 bits per heavy atom. The van der Waals surface area contributed by atoms with Crippen LogP contribution < -0.4 is 0 Å². The van der Waals surface area contributed by atoms with Crippen LogP contribution in [-0.4, -0.2) is 46.5 Å². The van der Waals surface area contributed by atoms with Crippen molar-refractivity contribution in [3.63, 3.8) is 0 Å². The molecule has 3 heterocycles. The summed E-state index contributed by atoms with van der Waals surface area (Å²) in [5, 5.41) is 11.0. The van der Waals surface area contributed by atoms with Crippen LogP contribution in [0.2, 0.25) is 0 Å². The third-order valence-electron chi connectivity index (χ3n) is 4.36. The lowest BCUT2D eigenvalue weighted by Gasteiger charge is -2.44. The molecule has 5 nitrogen and oxygen atoms in total. The number of thiophene rings is 1. The predicted octanol–water partition coefficient (Wildman–Crippen LogP) is 1.88. The molecule has 0 spiro atoms. The Hall–Kier alpha value is -1.56. The molecule has 1 unspecified atom stereocenters. The van der Waals surface area contributed by atoms with Crippen molar-refractivity contribution < 1.29 is 14.7 Å². The predicted molar refractivity (Wildman–Crippen MR) is 75.7 cm³/mol. The Balaban J connectivity index is 1.56. The zero-order valence-corrected chi connectivity index (χ0v) is 12.2. The molecule has 2 aliphatic heterocycles. The van der Waals surface area contributed by atoms with Crippen molar-refractivity contribution in [1.29, 1.82) is 0 Å². The molecule has 1 fully saturated rings. The maximum atomic E-state index is 12.4. The number of amides is 2. The molecule has 1 N–H and O–H groups in total. The van der Waals surface area contributed by atoms with Gasteiger partial charge in [0.15, 0.2) is 0 Å². The van der Waals surface area contributed by atoms with E-state index in [1.165, 1.54) is 10.4 Å². The van der Waals surface area contributed by atoms with E-state index in [0.717, 1.165) is 13.0 Å². The maximum absolute atomic E-state index is 12.4. The van der Waals surface area contributed by atoms with Gasteiger partial charge in [-0.05, 0) is 23.4 Å². The van der Waals surface area contributed by atoms with Gasteiger partial charge in [-0.2, -0.15) is 0 Å². The standard InChI is InChI=1S/C14H18N2O3S/c1-9(13(17)18)11-7-16(8-11)14(19)15-4-2-12-10(6-15)3-5-20-12/h3,5,9,11H,2,4,6-8H2,1H3,(H,17,18). The van der Waals surface area contributed by atoms with Gasteiger partial charge in [0.05, 0.1) is 5.92 Å². The quantitative estimate of drug-likeness (QED) is 0.906. The number of carbonyl (C=O) groups excluding carboxylic acids is 1. The lowest BCUT2D eigenvalue weighted by atomic mass is 9.87. The normalized spacial score (nSPS) is 20.2. The number of rotatable bonds is 2. The lowest BCUT2D eigenvalue weighted by Crippen LogP contribution is -2.57. The van der Waals surface area contributed by atoms with E-state index in [2.05, 4.69) is 11.4 Å². The summed E-state index contributed by atoms with van der Waals surface area (Å²) in [6.45, 7) is 4.31. The van der Waals surface area contributed by atoms with E-state index in [9.17, 15) is 9.59 Å². The van der Waals surface area contributed by atoms with Crippen LogP contribution in [0.15, 0.2) is 11.4 Å². The van der Waals surface area contributed by atoms with Crippen molar-refractivity contribution in [1.82, 2.24) is 9.80 Å². The van der Waals surface area contributed by atoms with Gasteiger partial charge in [0.1, 0.15) is 0 Å². The number of hydrogen-bond donors (Lipinski definition) is 1.